The Kier molecular flexibility index (Phi) is 5.22. The zero-order valence-electron chi connectivity index (χ0n) is 13.3. The van der Waals surface area contributed by atoms with Crippen LogP contribution in [0, 0.1) is 0 Å². The van der Waals surface area contributed by atoms with E-state index in [-0.39, 0.29) is 24.0 Å². The lowest BCUT2D eigenvalue weighted by atomic mass is 10.1. The summed E-state index contributed by atoms with van der Waals surface area (Å²) in [5.41, 5.74) is 1.01. The molecule has 0 aromatic carbocycles. The van der Waals surface area contributed by atoms with E-state index in [1.54, 1.807) is 36.0 Å². The Morgan fingerprint density at radius 3 is 2.79 bits per heavy atom. The van der Waals surface area contributed by atoms with Crippen molar-refractivity contribution in [3.8, 4) is 0 Å². The summed E-state index contributed by atoms with van der Waals surface area (Å²) in [6.45, 7) is 2.69. The Morgan fingerprint density at radius 2 is 2.08 bits per heavy atom. The maximum atomic E-state index is 12.5. The number of pyridine rings is 1. The van der Waals surface area contributed by atoms with Crippen molar-refractivity contribution in [3.63, 3.8) is 0 Å². The maximum Gasteiger partial charge on any atom is 0.263 e. The average molecular weight is 345 g/mol. The number of rotatable bonds is 5. The fourth-order valence-corrected chi connectivity index (χ4v) is 3.40. The summed E-state index contributed by atoms with van der Waals surface area (Å²) in [5.74, 6) is -0.463. The van der Waals surface area contributed by atoms with Gasteiger partial charge in [-0.3, -0.25) is 14.6 Å². The first-order valence-corrected chi connectivity index (χ1v) is 8.74. The van der Waals surface area contributed by atoms with Gasteiger partial charge in [-0.05, 0) is 43.3 Å². The van der Waals surface area contributed by atoms with Gasteiger partial charge in [-0.15, -0.1) is 11.3 Å². The summed E-state index contributed by atoms with van der Waals surface area (Å²) < 4.78 is 5.60. The van der Waals surface area contributed by atoms with E-state index < -0.39 is 0 Å². The highest BCUT2D eigenvalue weighted by atomic mass is 32.1. The fourth-order valence-electron chi connectivity index (χ4n) is 2.64. The number of carbonyl (C=O) groups excluding carboxylic acids is 2. The number of ether oxygens (including phenoxy) is 1. The van der Waals surface area contributed by atoms with Crippen LogP contribution >= 0.6 is 11.3 Å². The van der Waals surface area contributed by atoms with Gasteiger partial charge in [0.15, 0.2) is 0 Å². The van der Waals surface area contributed by atoms with Crippen LogP contribution in [0.4, 0.5) is 5.69 Å². The molecule has 1 saturated heterocycles. The van der Waals surface area contributed by atoms with Crippen LogP contribution in [0.1, 0.15) is 39.8 Å². The SMILES string of the molecule is C[C@@H](NC(=O)c1sccc1NC(=O)c1ccncc1)[C@H]1CCCO1. The van der Waals surface area contributed by atoms with Crippen molar-refractivity contribution in [3.05, 3.63) is 46.4 Å². The fraction of sp³-hybridized carbons (Fsp3) is 0.353. The summed E-state index contributed by atoms with van der Waals surface area (Å²) in [6.07, 6.45) is 5.15. The van der Waals surface area contributed by atoms with Crippen molar-refractivity contribution >= 4 is 28.8 Å². The molecule has 7 heteroatoms. The van der Waals surface area contributed by atoms with Gasteiger partial charge >= 0.3 is 0 Å². The van der Waals surface area contributed by atoms with Gasteiger partial charge in [-0.2, -0.15) is 0 Å². The number of hydrogen-bond acceptors (Lipinski definition) is 5. The third-order valence-electron chi connectivity index (χ3n) is 3.94. The highest BCUT2D eigenvalue weighted by Crippen LogP contribution is 2.24. The van der Waals surface area contributed by atoms with Crippen LogP contribution < -0.4 is 10.6 Å². The van der Waals surface area contributed by atoms with Gasteiger partial charge in [0.2, 0.25) is 0 Å². The number of carbonyl (C=O) groups is 2. The highest BCUT2D eigenvalue weighted by molar-refractivity contribution is 7.12. The molecule has 0 spiro atoms. The molecular weight excluding hydrogens is 326 g/mol. The van der Waals surface area contributed by atoms with Crippen LogP contribution in [-0.2, 0) is 4.74 Å². The second-order valence-electron chi connectivity index (χ2n) is 5.67. The van der Waals surface area contributed by atoms with E-state index in [4.69, 9.17) is 4.74 Å². The van der Waals surface area contributed by atoms with Gasteiger partial charge in [0.1, 0.15) is 4.88 Å². The number of anilines is 1. The van der Waals surface area contributed by atoms with Crippen molar-refractivity contribution in [1.29, 1.82) is 0 Å². The van der Waals surface area contributed by atoms with Crippen molar-refractivity contribution < 1.29 is 14.3 Å². The largest absolute Gasteiger partial charge is 0.376 e. The molecule has 1 aliphatic rings. The minimum Gasteiger partial charge on any atom is -0.376 e. The first-order chi connectivity index (χ1) is 11.6. The topological polar surface area (TPSA) is 80.3 Å². The monoisotopic (exact) mass is 345 g/mol. The summed E-state index contributed by atoms with van der Waals surface area (Å²) in [5, 5.41) is 7.53. The number of nitrogens with zero attached hydrogens (tertiary/aromatic N) is 1. The van der Waals surface area contributed by atoms with Gasteiger partial charge in [0.05, 0.1) is 17.8 Å². The minimum atomic E-state index is -0.267. The van der Waals surface area contributed by atoms with Gasteiger partial charge in [-0.25, -0.2) is 0 Å². The quantitative estimate of drug-likeness (QED) is 0.873. The first-order valence-electron chi connectivity index (χ1n) is 7.86. The van der Waals surface area contributed by atoms with Crippen molar-refractivity contribution in [2.24, 2.45) is 0 Å². The molecule has 2 amide bonds. The lowest BCUT2D eigenvalue weighted by molar-refractivity contribution is 0.0715. The molecule has 24 heavy (non-hydrogen) atoms. The van der Waals surface area contributed by atoms with Crippen molar-refractivity contribution in [2.75, 3.05) is 11.9 Å². The molecule has 1 fully saturated rings. The molecule has 2 aromatic heterocycles. The number of nitrogens with one attached hydrogen (secondary N) is 2. The number of hydrogen-bond donors (Lipinski definition) is 2. The zero-order valence-corrected chi connectivity index (χ0v) is 14.1. The maximum absolute atomic E-state index is 12.5. The summed E-state index contributed by atoms with van der Waals surface area (Å²) >= 11 is 1.30. The van der Waals surface area contributed by atoms with Gasteiger partial charge < -0.3 is 15.4 Å². The number of amides is 2. The molecule has 2 aromatic rings. The van der Waals surface area contributed by atoms with Crippen molar-refractivity contribution in [2.45, 2.75) is 31.9 Å². The second kappa shape index (κ2) is 7.55. The van der Waals surface area contributed by atoms with Crippen molar-refractivity contribution in [1.82, 2.24) is 10.3 Å². The van der Waals surface area contributed by atoms with E-state index in [2.05, 4.69) is 15.6 Å². The first kappa shape index (κ1) is 16.6. The average Bonchev–Trinajstić information content (AvgIpc) is 3.27. The Balaban J connectivity index is 1.66. The summed E-state index contributed by atoms with van der Waals surface area (Å²) in [7, 11) is 0. The van der Waals surface area contributed by atoms with E-state index in [0.717, 1.165) is 19.4 Å². The standard InChI is InChI=1S/C17H19N3O3S/c1-11(14-3-2-9-23-14)19-17(22)15-13(6-10-24-15)20-16(21)12-4-7-18-8-5-12/h4-8,10-11,14H,2-3,9H2,1H3,(H,19,22)(H,20,21)/t11-,14-/m1/s1. The molecule has 3 heterocycles. The number of aromatic nitrogens is 1. The molecule has 1 aliphatic heterocycles. The zero-order chi connectivity index (χ0) is 16.9. The Morgan fingerprint density at radius 1 is 1.29 bits per heavy atom. The number of thiophene rings is 1. The predicted octanol–water partition coefficient (Wildman–Crippen LogP) is 2.69. The van der Waals surface area contributed by atoms with Gasteiger partial charge in [-0.1, -0.05) is 0 Å². The van der Waals surface area contributed by atoms with Crippen LogP contribution in [0.25, 0.3) is 0 Å². The third kappa shape index (κ3) is 3.80. The Labute approximate surface area is 144 Å². The van der Waals surface area contributed by atoms with Crippen LogP contribution in [0.5, 0.6) is 0 Å². The van der Waals surface area contributed by atoms with Crippen LogP contribution in [-0.4, -0.2) is 35.6 Å². The minimum absolute atomic E-state index is 0.0590. The second-order valence-corrected chi connectivity index (χ2v) is 6.58. The molecule has 0 radical (unpaired) electrons. The lowest BCUT2D eigenvalue weighted by Crippen LogP contribution is -2.40. The van der Waals surface area contributed by atoms with Crippen LogP contribution in [0.15, 0.2) is 36.0 Å². The molecule has 3 rings (SSSR count). The van der Waals surface area contributed by atoms with Gasteiger partial charge in [0.25, 0.3) is 11.8 Å². The van der Waals surface area contributed by atoms with Gasteiger partial charge in [0, 0.05) is 24.6 Å². The normalized spacial score (nSPS) is 18.1. The highest BCUT2D eigenvalue weighted by Gasteiger charge is 2.25. The molecule has 0 bridgehead atoms. The predicted molar refractivity (Wildman–Crippen MR) is 92.4 cm³/mol. The Hall–Kier alpha value is -2.25. The van der Waals surface area contributed by atoms with E-state index in [1.165, 1.54) is 11.3 Å². The third-order valence-corrected chi connectivity index (χ3v) is 4.86. The van der Waals surface area contributed by atoms with Crippen LogP contribution in [0.3, 0.4) is 0 Å². The molecule has 0 unspecified atom stereocenters. The molecule has 126 valence electrons. The van der Waals surface area contributed by atoms with E-state index in [0.29, 0.717) is 16.1 Å². The molecule has 2 N–H and O–H groups in total. The Bertz CT molecular complexity index is 711. The molecule has 0 saturated carbocycles. The van der Waals surface area contributed by atoms with E-state index in [9.17, 15) is 9.59 Å². The molecule has 6 nitrogen and oxygen atoms in total. The van der Waals surface area contributed by atoms with Crippen LogP contribution in [0.2, 0.25) is 0 Å². The molecular formula is C17H19N3O3S. The summed E-state index contributed by atoms with van der Waals surface area (Å²) in [4.78, 5) is 29.1. The van der Waals surface area contributed by atoms with E-state index in [1.807, 2.05) is 6.92 Å². The summed E-state index contributed by atoms with van der Waals surface area (Å²) in [6, 6.07) is 4.92. The van der Waals surface area contributed by atoms with E-state index >= 15 is 0 Å². The lowest BCUT2D eigenvalue weighted by Gasteiger charge is -2.20. The molecule has 0 aliphatic carbocycles. The smallest absolute Gasteiger partial charge is 0.263 e. The molecule has 2 atom stereocenters.